The zero-order valence-electron chi connectivity index (χ0n) is 16.5. The number of nitrogens with one attached hydrogen (secondary N) is 1. The molecule has 1 N–H and O–H groups in total. The molecule has 0 aromatic rings. The molecule has 1 aliphatic rings. The van der Waals surface area contributed by atoms with Gasteiger partial charge in [-0.3, -0.25) is 0 Å². The van der Waals surface area contributed by atoms with Gasteiger partial charge in [0.25, 0.3) is 0 Å². The van der Waals surface area contributed by atoms with Crippen molar-refractivity contribution in [2.24, 2.45) is 0 Å². The molecule has 0 atom stereocenters. The number of nitrogens with zero attached hydrogens (tertiary/aromatic N) is 2. The normalized spacial score (nSPS) is 17.8. The smallest absolute Gasteiger partial charge is 0.410 e. The van der Waals surface area contributed by atoms with Gasteiger partial charge in [0.15, 0.2) is 0 Å². The van der Waals surface area contributed by atoms with Crippen LogP contribution in [0.4, 0.5) is 4.79 Å². The SMILES string of the molecule is CN(C)C1(CNCCN(C(=O)OC(C)(C)C)C(C)(C)C)CCC1. The van der Waals surface area contributed by atoms with Crippen molar-refractivity contribution in [1.82, 2.24) is 15.1 Å². The largest absolute Gasteiger partial charge is 0.444 e. The van der Waals surface area contributed by atoms with Crippen molar-refractivity contribution in [2.45, 2.75) is 77.5 Å². The van der Waals surface area contributed by atoms with Crippen LogP contribution < -0.4 is 5.32 Å². The van der Waals surface area contributed by atoms with E-state index in [9.17, 15) is 4.79 Å². The highest BCUT2D eigenvalue weighted by Gasteiger charge is 2.38. The lowest BCUT2D eigenvalue weighted by molar-refractivity contribution is 0.00587. The zero-order chi connectivity index (χ0) is 17.9. The number of hydrogen-bond donors (Lipinski definition) is 1. The van der Waals surface area contributed by atoms with Crippen LogP contribution in [0.3, 0.4) is 0 Å². The third-order valence-corrected chi connectivity index (χ3v) is 4.62. The second-order valence-electron chi connectivity index (χ2n) is 8.95. The fourth-order valence-corrected chi connectivity index (χ4v) is 2.90. The number of amides is 1. The minimum atomic E-state index is -0.463. The molecule has 0 radical (unpaired) electrons. The summed E-state index contributed by atoms with van der Waals surface area (Å²) in [6.07, 6.45) is 3.58. The van der Waals surface area contributed by atoms with Gasteiger partial charge in [0.1, 0.15) is 5.60 Å². The lowest BCUT2D eigenvalue weighted by Gasteiger charge is -2.47. The molecular formula is C18H37N3O2. The Balaban J connectivity index is 2.51. The van der Waals surface area contributed by atoms with E-state index in [1.54, 1.807) is 0 Å². The highest BCUT2D eigenvalue weighted by molar-refractivity contribution is 5.69. The molecule has 5 nitrogen and oxygen atoms in total. The van der Waals surface area contributed by atoms with Crippen molar-refractivity contribution < 1.29 is 9.53 Å². The van der Waals surface area contributed by atoms with Crippen molar-refractivity contribution in [2.75, 3.05) is 33.7 Å². The van der Waals surface area contributed by atoms with Gasteiger partial charge in [-0.05, 0) is 74.9 Å². The Morgan fingerprint density at radius 2 is 1.70 bits per heavy atom. The summed E-state index contributed by atoms with van der Waals surface area (Å²) in [6.45, 7) is 14.3. The molecular weight excluding hydrogens is 290 g/mol. The van der Waals surface area contributed by atoms with E-state index in [-0.39, 0.29) is 11.6 Å². The van der Waals surface area contributed by atoms with E-state index >= 15 is 0 Å². The van der Waals surface area contributed by atoms with Gasteiger partial charge >= 0.3 is 6.09 Å². The first kappa shape index (κ1) is 20.2. The molecule has 1 fully saturated rings. The van der Waals surface area contributed by atoms with Crippen LogP contribution in [-0.4, -0.2) is 66.3 Å². The van der Waals surface area contributed by atoms with Gasteiger partial charge in [-0.2, -0.15) is 0 Å². The van der Waals surface area contributed by atoms with Crippen molar-refractivity contribution in [3.63, 3.8) is 0 Å². The summed E-state index contributed by atoms with van der Waals surface area (Å²) in [5.41, 5.74) is -0.410. The molecule has 0 spiro atoms. The van der Waals surface area contributed by atoms with Gasteiger partial charge in [-0.25, -0.2) is 4.79 Å². The molecule has 23 heavy (non-hydrogen) atoms. The molecule has 0 heterocycles. The van der Waals surface area contributed by atoms with Crippen molar-refractivity contribution in [3.05, 3.63) is 0 Å². The molecule has 0 unspecified atom stereocenters. The molecule has 5 heteroatoms. The predicted molar refractivity (Wildman–Crippen MR) is 95.8 cm³/mol. The molecule has 1 amide bonds. The van der Waals surface area contributed by atoms with Crippen molar-refractivity contribution >= 4 is 6.09 Å². The van der Waals surface area contributed by atoms with E-state index < -0.39 is 5.60 Å². The van der Waals surface area contributed by atoms with Crippen LogP contribution in [0.25, 0.3) is 0 Å². The molecule has 1 aliphatic carbocycles. The minimum absolute atomic E-state index is 0.238. The summed E-state index contributed by atoms with van der Waals surface area (Å²) in [5, 5.41) is 3.54. The Hall–Kier alpha value is -0.810. The summed E-state index contributed by atoms with van der Waals surface area (Å²) in [7, 11) is 4.31. The maximum absolute atomic E-state index is 12.4. The molecule has 136 valence electrons. The quantitative estimate of drug-likeness (QED) is 0.762. The number of ether oxygens (including phenoxy) is 1. The first-order valence-corrected chi connectivity index (χ1v) is 8.76. The third kappa shape index (κ3) is 5.96. The number of hydrogen-bond acceptors (Lipinski definition) is 4. The summed E-state index contributed by atoms with van der Waals surface area (Å²) < 4.78 is 5.55. The van der Waals surface area contributed by atoms with Gasteiger partial charge in [0.05, 0.1) is 0 Å². The lowest BCUT2D eigenvalue weighted by atomic mass is 9.75. The Labute approximate surface area is 142 Å². The second kappa shape index (κ2) is 7.39. The van der Waals surface area contributed by atoms with Crippen LogP contribution in [0.15, 0.2) is 0 Å². The van der Waals surface area contributed by atoms with Gasteiger partial charge in [0, 0.05) is 30.7 Å². The topological polar surface area (TPSA) is 44.8 Å². The molecule has 0 saturated heterocycles. The highest BCUT2D eigenvalue weighted by atomic mass is 16.6. The van der Waals surface area contributed by atoms with Crippen molar-refractivity contribution in [1.29, 1.82) is 0 Å². The summed E-state index contributed by atoms with van der Waals surface area (Å²) in [4.78, 5) is 16.6. The lowest BCUT2D eigenvalue weighted by Crippen LogP contribution is -2.57. The van der Waals surface area contributed by atoms with E-state index in [1.165, 1.54) is 19.3 Å². The standard InChI is InChI=1S/C18H37N3O2/c1-16(2,3)21(15(22)23-17(4,5)6)13-12-19-14-18(20(7)8)10-9-11-18/h19H,9-14H2,1-8H3. The maximum atomic E-state index is 12.4. The first-order valence-electron chi connectivity index (χ1n) is 8.76. The van der Waals surface area contributed by atoms with Crippen LogP contribution in [-0.2, 0) is 4.74 Å². The molecule has 0 aromatic carbocycles. The second-order valence-corrected chi connectivity index (χ2v) is 8.95. The van der Waals surface area contributed by atoms with E-state index in [4.69, 9.17) is 4.74 Å². The Bertz CT molecular complexity index is 390. The molecule has 0 bridgehead atoms. The number of carbonyl (C=O) groups is 1. The number of likely N-dealkylation sites (N-methyl/N-ethyl adjacent to an activating group) is 1. The Kier molecular flexibility index (Phi) is 6.50. The first-order chi connectivity index (χ1) is 10.4. The van der Waals surface area contributed by atoms with Gasteiger partial charge in [-0.15, -0.1) is 0 Å². The van der Waals surface area contributed by atoms with E-state index in [0.29, 0.717) is 12.1 Å². The van der Waals surface area contributed by atoms with E-state index in [1.807, 2.05) is 46.4 Å². The van der Waals surface area contributed by atoms with E-state index in [0.717, 1.165) is 13.1 Å². The van der Waals surface area contributed by atoms with Crippen LogP contribution in [0.2, 0.25) is 0 Å². The molecule has 0 aromatic heterocycles. The van der Waals surface area contributed by atoms with E-state index in [2.05, 4.69) is 24.3 Å². The van der Waals surface area contributed by atoms with Gasteiger partial charge < -0.3 is 19.9 Å². The average molecular weight is 328 g/mol. The monoisotopic (exact) mass is 327 g/mol. The van der Waals surface area contributed by atoms with Gasteiger partial charge in [0.2, 0.25) is 0 Å². The predicted octanol–water partition coefficient (Wildman–Crippen LogP) is 3.10. The fourth-order valence-electron chi connectivity index (χ4n) is 2.90. The molecule has 0 aliphatic heterocycles. The highest BCUT2D eigenvalue weighted by Crippen LogP contribution is 2.35. The number of carbonyl (C=O) groups excluding carboxylic acids is 1. The number of rotatable bonds is 6. The van der Waals surface area contributed by atoms with Crippen LogP contribution in [0.1, 0.15) is 60.8 Å². The van der Waals surface area contributed by atoms with Crippen molar-refractivity contribution in [3.8, 4) is 0 Å². The summed E-state index contributed by atoms with van der Waals surface area (Å²) >= 11 is 0. The van der Waals surface area contributed by atoms with Gasteiger partial charge in [-0.1, -0.05) is 0 Å². The summed E-state index contributed by atoms with van der Waals surface area (Å²) in [6, 6.07) is 0. The van der Waals surface area contributed by atoms with Crippen LogP contribution >= 0.6 is 0 Å². The molecule has 1 saturated carbocycles. The molecule has 1 rings (SSSR count). The van der Waals surface area contributed by atoms with Crippen LogP contribution in [0.5, 0.6) is 0 Å². The third-order valence-electron chi connectivity index (χ3n) is 4.62. The minimum Gasteiger partial charge on any atom is -0.444 e. The zero-order valence-corrected chi connectivity index (χ0v) is 16.5. The Morgan fingerprint density at radius 3 is 2.04 bits per heavy atom. The Morgan fingerprint density at radius 1 is 1.13 bits per heavy atom. The maximum Gasteiger partial charge on any atom is 0.410 e. The summed E-state index contributed by atoms with van der Waals surface area (Å²) in [5.74, 6) is 0. The average Bonchev–Trinajstić information content (AvgIpc) is 2.26. The van der Waals surface area contributed by atoms with Crippen LogP contribution in [0, 0.1) is 0 Å². The fraction of sp³-hybridized carbons (Fsp3) is 0.944.